The Bertz CT molecular complexity index is 1070. The number of aromatic amines is 1. The molecule has 8 heteroatoms. The Kier molecular flexibility index (Phi) is 3.94. The van der Waals surface area contributed by atoms with Gasteiger partial charge in [-0.1, -0.05) is 0 Å². The number of amides is 1. The van der Waals surface area contributed by atoms with Gasteiger partial charge in [-0.15, -0.1) is 0 Å². The van der Waals surface area contributed by atoms with Crippen molar-refractivity contribution in [1.29, 1.82) is 0 Å². The summed E-state index contributed by atoms with van der Waals surface area (Å²) >= 11 is 0. The van der Waals surface area contributed by atoms with Gasteiger partial charge < -0.3 is 16.0 Å². The zero-order valence-corrected chi connectivity index (χ0v) is 13.2. The predicted molar refractivity (Wildman–Crippen MR) is 94.8 cm³/mol. The van der Waals surface area contributed by atoms with Gasteiger partial charge in [-0.05, 0) is 42.8 Å². The summed E-state index contributed by atoms with van der Waals surface area (Å²) in [6.45, 7) is 1.80. The lowest BCUT2D eigenvalue weighted by Crippen LogP contribution is -2.13. The zero-order chi connectivity index (χ0) is 18.1. The molecule has 1 heterocycles. The third-order valence-corrected chi connectivity index (χ3v) is 3.80. The van der Waals surface area contributed by atoms with Crippen molar-refractivity contribution in [3.63, 3.8) is 0 Å². The van der Waals surface area contributed by atoms with E-state index in [2.05, 4.69) is 10.3 Å². The Morgan fingerprint density at radius 2 is 1.96 bits per heavy atom. The Labute approximate surface area is 141 Å². The standard InChI is InChI=1S/C17H14N4O4/c1-9-6-16(22)20-14-5-3-11(8-12(9)14)19-17(23)10-2-4-13(18)15(7-10)21(24)25/h2-8H,18H2,1H3,(H,19,23)(H,20,22). The number of rotatable bonds is 3. The molecule has 0 aliphatic rings. The van der Waals surface area contributed by atoms with Gasteiger partial charge in [-0.2, -0.15) is 0 Å². The molecular weight excluding hydrogens is 324 g/mol. The molecule has 0 bridgehead atoms. The van der Waals surface area contributed by atoms with E-state index in [1.165, 1.54) is 18.2 Å². The molecule has 0 spiro atoms. The molecule has 1 amide bonds. The van der Waals surface area contributed by atoms with E-state index < -0.39 is 10.8 Å². The van der Waals surface area contributed by atoms with Crippen LogP contribution in [0, 0.1) is 17.0 Å². The molecule has 126 valence electrons. The number of nitrogens with two attached hydrogens (primary N) is 1. The van der Waals surface area contributed by atoms with E-state index in [0.717, 1.165) is 17.0 Å². The van der Waals surface area contributed by atoms with E-state index in [9.17, 15) is 19.7 Å². The lowest BCUT2D eigenvalue weighted by Gasteiger charge is -2.08. The van der Waals surface area contributed by atoms with Crippen molar-refractivity contribution in [3.05, 3.63) is 74.1 Å². The minimum atomic E-state index is -0.637. The van der Waals surface area contributed by atoms with Crippen LogP contribution in [0.1, 0.15) is 15.9 Å². The van der Waals surface area contributed by atoms with Gasteiger partial charge in [-0.25, -0.2) is 0 Å². The summed E-state index contributed by atoms with van der Waals surface area (Å²) < 4.78 is 0. The quantitative estimate of drug-likeness (QED) is 0.384. The number of nitrogen functional groups attached to an aromatic ring is 1. The Morgan fingerprint density at radius 3 is 2.68 bits per heavy atom. The van der Waals surface area contributed by atoms with Crippen LogP contribution in [0.5, 0.6) is 0 Å². The van der Waals surface area contributed by atoms with Crippen molar-refractivity contribution in [2.24, 2.45) is 0 Å². The van der Waals surface area contributed by atoms with Gasteiger partial charge in [0.05, 0.1) is 4.92 Å². The highest BCUT2D eigenvalue weighted by Crippen LogP contribution is 2.24. The number of fused-ring (bicyclic) bond motifs is 1. The van der Waals surface area contributed by atoms with Gasteiger partial charge in [0.25, 0.3) is 11.6 Å². The van der Waals surface area contributed by atoms with Crippen LogP contribution < -0.4 is 16.6 Å². The third kappa shape index (κ3) is 3.18. The number of nitrogens with zero attached hydrogens (tertiary/aromatic N) is 1. The number of aromatic nitrogens is 1. The highest BCUT2D eigenvalue weighted by Gasteiger charge is 2.16. The summed E-state index contributed by atoms with van der Waals surface area (Å²) in [6, 6.07) is 10.4. The maximum absolute atomic E-state index is 12.3. The second-order valence-electron chi connectivity index (χ2n) is 5.56. The number of hydrogen-bond acceptors (Lipinski definition) is 5. The Morgan fingerprint density at radius 1 is 1.20 bits per heavy atom. The Balaban J connectivity index is 1.93. The highest BCUT2D eigenvalue weighted by atomic mass is 16.6. The largest absolute Gasteiger partial charge is 0.393 e. The number of aryl methyl sites for hydroxylation is 1. The van der Waals surface area contributed by atoms with Crippen LogP contribution in [-0.2, 0) is 0 Å². The first-order valence-electron chi connectivity index (χ1n) is 7.34. The van der Waals surface area contributed by atoms with Gasteiger partial charge in [-0.3, -0.25) is 19.7 Å². The first-order chi connectivity index (χ1) is 11.8. The molecule has 2 aromatic carbocycles. The second-order valence-corrected chi connectivity index (χ2v) is 5.56. The number of H-pyrrole nitrogens is 1. The first-order valence-corrected chi connectivity index (χ1v) is 7.34. The van der Waals surface area contributed by atoms with E-state index in [1.807, 2.05) is 0 Å². The topological polar surface area (TPSA) is 131 Å². The van der Waals surface area contributed by atoms with Crippen LogP contribution in [-0.4, -0.2) is 15.8 Å². The van der Waals surface area contributed by atoms with Gasteiger partial charge in [0.2, 0.25) is 5.56 Å². The number of nitro groups is 1. The molecule has 4 N–H and O–H groups in total. The van der Waals surface area contributed by atoms with Crippen LogP contribution >= 0.6 is 0 Å². The highest BCUT2D eigenvalue weighted by molar-refractivity contribution is 6.06. The van der Waals surface area contributed by atoms with Crippen molar-refractivity contribution >= 4 is 33.9 Å². The van der Waals surface area contributed by atoms with Crippen molar-refractivity contribution in [3.8, 4) is 0 Å². The molecule has 8 nitrogen and oxygen atoms in total. The number of nitrogens with one attached hydrogen (secondary N) is 2. The molecule has 3 rings (SSSR count). The zero-order valence-electron chi connectivity index (χ0n) is 13.2. The van der Waals surface area contributed by atoms with Crippen molar-refractivity contribution < 1.29 is 9.72 Å². The molecule has 1 aromatic heterocycles. The molecule has 3 aromatic rings. The molecule has 0 atom stereocenters. The van der Waals surface area contributed by atoms with Gasteiger partial charge in [0.1, 0.15) is 5.69 Å². The number of carbonyl (C=O) groups is 1. The van der Waals surface area contributed by atoms with E-state index in [4.69, 9.17) is 5.73 Å². The lowest BCUT2D eigenvalue weighted by molar-refractivity contribution is -0.383. The number of pyridine rings is 1. The van der Waals surface area contributed by atoms with E-state index in [1.54, 1.807) is 25.1 Å². The van der Waals surface area contributed by atoms with Crippen LogP contribution in [0.2, 0.25) is 0 Å². The number of anilines is 2. The summed E-state index contributed by atoms with van der Waals surface area (Å²) in [5, 5.41) is 14.4. The minimum Gasteiger partial charge on any atom is -0.393 e. The number of nitro benzene ring substituents is 1. The van der Waals surface area contributed by atoms with Crippen LogP contribution in [0.4, 0.5) is 17.1 Å². The molecule has 0 saturated heterocycles. The third-order valence-electron chi connectivity index (χ3n) is 3.80. The normalized spacial score (nSPS) is 10.6. The van der Waals surface area contributed by atoms with E-state index in [-0.39, 0.29) is 22.5 Å². The molecular formula is C17H14N4O4. The summed E-state index contributed by atoms with van der Waals surface area (Å²) in [7, 11) is 0. The fourth-order valence-electron chi connectivity index (χ4n) is 2.55. The summed E-state index contributed by atoms with van der Waals surface area (Å²) in [5.74, 6) is -0.496. The number of carbonyl (C=O) groups excluding carboxylic acids is 1. The molecule has 0 saturated carbocycles. The number of hydrogen-bond donors (Lipinski definition) is 3. The van der Waals surface area contributed by atoms with E-state index in [0.29, 0.717) is 11.2 Å². The van der Waals surface area contributed by atoms with Crippen LogP contribution in [0.3, 0.4) is 0 Å². The summed E-state index contributed by atoms with van der Waals surface area (Å²) in [6.07, 6.45) is 0. The molecule has 0 radical (unpaired) electrons. The summed E-state index contributed by atoms with van der Waals surface area (Å²) in [4.78, 5) is 36.8. The van der Waals surface area contributed by atoms with Gasteiger partial charge >= 0.3 is 0 Å². The maximum Gasteiger partial charge on any atom is 0.292 e. The predicted octanol–water partition coefficient (Wildman–Crippen LogP) is 2.58. The monoisotopic (exact) mass is 338 g/mol. The molecule has 25 heavy (non-hydrogen) atoms. The fraction of sp³-hybridized carbons (Fsp3) is 0.0588. The molecule has 0 unspecified atom stereocenters. The van der Waals surface area contributed by atoms with Crippen molar-refractivity contribution in [2.45, 2.75) is 6.92 Å². The summed E-state index contributed by atoms with van der Waals surface area (Å²) in [5.41, 5.74) is 7.07. The molecule has 0 aliphatic carbocycles. The average Bonchev–Trinajstić information content (AvgIpc) is 2.55. The molecule has 0 fully saturated rings. The van der Waals surface area contributed by atoms with Gasteiger partial charge in [0.15, 0.2) is 0 Å². The van der Waals surface area contributed by atoms with Crippen molar-refractivity contribution in [1.82, 2.24) is 4.98 Å². The average molecular weight is 338 g/mol. The maximum atomic E-state index is 12.3. The fourth-order valence-corrected chi connectivity index (χ4v) is 2.55. The SMILES string of the molecule is Cc1cc(=O)[nH]c2ccc(NC(=O)c3ccc(N)c([N+](=O)[O-])c3)cc12. The minimum absolute atomic E-state index is 0.00756. The smallest absolute Gasteiger partial charge is 0.292 e. The number of benzene rings is 2. The second kappa shape index (κ2) is 6.08. The lowest BCUT2D eigenvalue weighted by atomic mass is 10.1. The first kappa shape index (κ1) is 16.2. The Hall–Kier alpha value is -3.68. The van der Waals surface area contributed by atoms with Gasteiger partial charge in [0, 0.05) is 34.3 Å². The van der Waals surface area contributed by atoms with Crippen LogP contribution in [0.15, 0.2) is 47.3 Å². The molecule has 0 aliphatic heterocycles. The van der Waals surface area contributed by atoms with Crippen molar-refractivity contribution in [2.75, 3.05) is 11.1 Å². The van der Waals surface area contributed by atoms with Crippen LogP contribution in [0.25, 0.3) is 10.9 Å². The van der Waals surface area contributed by atoms with E-state index >= 15 is 0 Å².